The fraction of sp³-hybridized carbons (Fsp3) is 0.373. The molecule has 1 fully saturated rings. The van der Waals surface area contributed by atoms with Gasteiger partial charge in [0.1, 0.15) is 6.61 Å². The maximum atomic E-state index is 13.1. The number of piperazine rings is 1. The molecule has 1 atom stereocenters. The van der Waals surface area contributed by atoms with E-state index in [2.05, 4.69) is 159 Å². The number of hydrogen-bond donors (Lipinski definition) is 0. The van der Waals surface area contributed by atoms with Gasteiger partial charge in [0, 0.05) is 67.4 Å². The smallest absolute Gasteiger partial charge is 0.410 e. The first-order valence-corrected chi connectivity index (χ1v) is 24.3. The van der Waals surface area contributed by atoms with Crippen molar-refractivity contribution in [1.29, 1.82) is 0 Å². The Bertz CT molecular complexity index is 2370. The molecule has 1 aliphatic rings. The zero-order valence-corrected chi connectivity index (χ0v) is 39.7. The summed E-state index contributed by atoms with van der Waals surface area (Å²) in [4.78, 5) is 22.4. The van der Waals surface area contributed by atoms with Gasteiger partial charge in [0.15, 0.2) is 0 Å². The zero-order valence-electron chi connectivity index (χ0n) is 37.1. The van der Waals surface area contributed by atoms with E-state index in [0.29, 0.717) is 32.8 Å². The number of carbonyl (C=O) groups is 1. The summed E-state index contributed by atoms with van der Waals surface area (Å²) in [5.41, 5.74) is 7.30. The van der Waals surface area contributed by atoms with Gasteiger partial charge in [-0.1, -0.05) is 142 Å². The fourth-order valence-corrected chi connectivity index (χ4v) is 14.2. The molecule has 1 aliphatic heterocycles. The second kappa shape index (κ2) is 18.7. The van der Waals surface area contributed by atoms with E-state index in [4.69, 9.17) is 18.9 Å². The Kier molecular flexibility index (Phi) is 13.6. The first-order chi connectivity index (χ1) is 29.3. The summed E-state index contributed by atoms with van der Waals surface area (Å²) in [6.07, 6.45) is 2.22. The molecule has 0 radical (unpaired) electrons. The molecule has 0 saturated carbocycles. The largest absolute Gasteiger partial charge is 0.445 e. The molecule has 0 N–H and O–H groups in total. The molecule has 61 heavy (non-hydrogen) atoms. The van der Waals surface area contributed by atoms with Crippen LogP contribution in [0.25, 0.3) is 22.2 Å². The topological polar surface area (TPSA) is 69.1 Å². The van der Waals surface area contributed by atoms with E-state index in [0.717, 1.165) is 45.6 Å². The normalized spacial score (nSPS) is 14.4. The number of pyridine rings is 1. The highest BCUT2D eigenvalue weighted by Gasteiger charge is 2.51. The minimum Gasteiger partial charge on any atom is -0.445 e. The molecule has 10 heteroatoms. The zero-order chi connectivity index (χ0) is 43.4. The van der Waals surface area contributed by atoms with Crippen LogP contribution in [0.5, 0.6) is 0 Å². The number of carbonyl (C=O) groups excluding carboxylic acids is 1. The van der Waals surface area contributed by atoms with E-state index in [1.54, 1.807) is 12.0 Å². The van der Waals surface area contributed by atoms with Gasteiger partial charge in [0.05, 0.1) is 29.4 Å². The Labute approximate surface area is 372 Å². The molecule has 8 nitrogen and oxygen atoms in total. The summed E-state index contributed by atoms with van der Waals surface area (Å²) in [6, 6.07) is 40.6. The first-order valence-electron chi connectivity index (χ1n) is 21.6. The molecule has 7 rings (SSSR count). The lowest BCUT2D eigenvalue weighted by atomic mass is 9.84. The SMILES string of the molecule is CCn1c(-c2cc(N3CCN(C(=O)OCc4ccccc4)CC3)cnc2[C@H](C)OC)c(CC(C)(C)CO[Si](c2ccccc2)(c2ccccc2)C(C)(C)C)c2cc(Br)ccc21. The highest BCUT2D eigenvalue weighted by Crippen LogP contribution is 2.44. The molecule has 2 aromatic heterocycles. The molecule has 0 aliphatic carbocycles. The third-order valence-electron chi connectivity index (χ3n) is 12.2. The summed E-state index contributed by atoms with van der Waals surface area (Å²) in [6.45, 7) is 20.1. The van der Waals surface area contributed by atoms with Gasteiger partial charge in [-0.3, -0.25) is 4.98 Å². The molecular weight excluding hydrogens is 841 g/mol. The minimum absolute atomic E-state index is 0.134. The van der Waals surface area contributed by atoms with E-state index in [9.17, 15) is 4.79 Å². The summed E-state index contributed by atoms with van der Waals surface area (Å²) >= 11 is 3.83. The number of amides is 1. The van der Waals surface area contributed by atoms with Gasteiger partial charge >= 0.3 is 6.09 Å². The van der Waals surface area contributed by atoms with Crippen LogP contribution in [0.15, 0.2) is 126 Å². The summed E-state index contributed by atoms with van der Waals surface area (Å²) < 4.78 is 22.8. The van der Waals surface area contributed by atoms with Gasteiger partial charge in [-0.2, -0.15) is 0 Å². The number of ether oxygens (including phenoxy) is 2. The van der Waals surface area contributed by atoms with Crippen LogP contribution in [-0.2, 0) is 33.5 Å². The number of benzene rings is 4. The van der Waals surface area contributed by atoms with Crippen molar-refractivity contribution < 1.29 is 18.7 Å². The minimum atomic E-state index is -2.78. The van der Waals surface area contributed by atoms with Crippen molar-refractivity contribution in [2.45, 2.75) is 79.2 Å². The van der Waals surface area contributed by atoms with Crippen LogP contribution in [0.2, 0.25) is 5.04 Å². The molecule has 0 spiro atoms. The number of nitrogens with zero attached hydrogens (tertiary/aromatic N) is 4. The number of halogens is 1. The van der Waals surface area contributed by atoms with Crippen LogP contribution in [0.3, 0.4) is 0 Å². The van der Waals surface area contributed by atoms with Gasteiger partial charge in [-0.05, 0) is 76.5 Å². The standard InChI is InChI=1S/C51H61BrN4O4Si/c1-9-56-46-26-25-39(52)31-43(46)45(33-51(6,7)36-60-61(50(3,4)5,41-21-15-11-16-22-41)42-23-17-12-18-24-42)48(56)44-32-40(34-53-47(44)37(2)58-8)54-27-29-55(30-28-54)49(57)59-35-38-19-13-10-14-20-38/h10-26,31-32,34,37H,9,27-30,33,35-36H2,1-8H3/t37-/m0/s1. The van der Waals surface area contributed by atoms with Gasteiger partial charge in [0.2, 0.25) is 0 Å². The van der Waals surface area contributed by atoms with Crippen LogP contribution in [-0.4, -0.2) is 68.8 Å². The Hall–Kier alpha value is -4.74. The van der Waals surface area contributed by atoms with Crippen molar-refractivity contribution in [1.82, 2.24) is 14.5 Å². The Morgan fingerprint density at radius 1 is 0.836 bits per heavy atom. The Balaban J connectivity index is 1.25. The highest BCUT2D eigenvalue weighted by atomic mass is 79.9. The predicted molar refractivity (Wildman–Crippen MR) is 255 cm³/mol. The van der Waals surface area contributed by atoms with Crippen molar-refractivity contribution in [3.8, 4) is 11.3 Å². The lowest BCUT2D eigenvalue weighted by molar-refractivity contribution is 0.0941. The maximum Gasteiger partial charge on any atom is 0.410 e. The van der Waals surface area contributed by atoms with Crippen molar-refractivity contribution in [2.24, 2.45) is 5.41 Å². The Morgan fingerprint density at radius 2 is 1.44 bits per heavy atom. The molecule has 0 bridgehead atoms. The molecule has 1 amide bonds. The average Bonchev–Trinajstić information content (AvgIpc) is 3.56. The molecule has 320 valence electrons. The van der Waals surface area contributed by atoms with E-state index < -0.39 is 8.32 Å². The summed E-state index contributed by atoms with van der Waals surface area (Å²) in [5, 5.41) is 3.64. The van der Waals surface area contributed by atoms with Crippen LogP contribution in [0, 0.1) is 5.41 Å². The summed E-state index contributed by atoms with van der Waals surface area (Å²) in [7, 11) is -1.03. The van der Waals surface area contributed by atoms with E-state index in [1.807, 2.05) is 36.5 Å². The third-order valence-corrected chi connectivity index (χ3v) is 17.7. The molecular formula is C51H61BrN4O4Si. The molecule has 0 unspecified atom stereocenters. The number of aromatic nitrogens is 2. The number of aryl methyl sites for hydroxylation is 1. The lowest BCUT2D eigenvalue weighted by Gasteiger charge is -2.44. The highest BCUT2D eigenvalue weighted by molar-refractivity contribution is 9.10. The van der Waals surface area contributed by atoms with Gasteiger partial charge in [-0.15, -0.1) is 0 Å². The number of hydrogen-bond acceptors (Lipinski definition) is 6. The van der Waals surface area contributed by atoms with Crippen molar-refractivity contribution in [3.63, 3.8) is 0 Å². The quantitative estimate of drug-likeness (QED) is 0.101. The third kappa shape index (κ3) is 9.38. The average molecular weight is 902 g/mol. The van der Waals surface area contributed by atoms with Crippen LogP contribution in [0.1, 0.15) is 71.4 Å². The number of fused-ring (bicyclic) bond motifs is 1. The second-order valence-corrected chi connectivity index (χ2v) is 23.3. The first kappa shape index (κ1) is 44.3. The monoisotopic (exact) mass is 900 g/mol. The van der Waals surface area contributed by atoms with Crippen molar-refractivity contribution in [2.75, 3.05) is 44.8 Å². The summed E-state index contributed by atoms with van der Waals surface area (Å²) in [5.74, 6) is 0. The van der Waals surface area contributed by atoms with Gasteiger partial charge in [-0.25, -0.2) is 4.79 Å². The van der Waals surface area contributed by atoms with Gasteiger partial charge in [0.25, 0.3) is 8.32 Å². The van der Waals surface area contributed by atoms with Crippen LogP contribution in [0.4, 0.5) is 10.5 Å². The number of anilines is 1. The molecule has 6 aromatic rings. The second-order valence-electron chi connectivity index (χ2n) is 18.0. The molecule has 3 heterocycles. The van der Waals surface area contributed by atoms with Crippen LogP contribution < -0.4 is 15.3 Å². The maximum absolute atomic E-state index is 13.1. The van der Waals surface area contributed by atoms with Crippen molar-refractivity contribution >= 4 is 57.3 Å². The van der Waals surface area contributed by atoms with Crippen molar-refractivity contribution in [3.05, 3.63) is 143 Å². The van der Waals surface area contributed by atoms with E-state index >= 15 is 0 Å². The predicted octanol–water partition coefficient (Wildman–Crippen LogP) is 10.8. The fourth-order valence-electron chi connectivity index (χ4n) is 9.03. The van der Waals surface area contributed by atoms with Crippen LogP contribution >= 0.6 is 15.9 Å². The lowest BCUT2D eigenvalue weighted by Crippen LogP contribution is -2.67. The molecule has 1 saturated heterocycles. The van der Waals surface area contributed by atoms with E-state index in [-0.39, 0.29) is 29.3 Å². The Morgan fingerprint density at radius 3 is 2.02 bits per heavy atom. The molecule has 4 aromatic carbocycles. The van der Waals surface area contributed by atoms with Gasteiger partial charge < -0.3 is 28.3 Å². The number of methoxy groups -OCH3 is 1. The number of rotatable bonds is 14. The van der Waals surface area contributed by atoms with E-state index in [1.165, 1.54) is 26.8 Å².